The SMILES string of the molecule is CC1CC(CN)CN1C(=O)c1ccccc1Br. The summed E-state index contributed by atoms with van der Waals surface area (Å²) in [6, 6.07) is 7.84. The number of rotatable bonds is 2. The maximum atomic E-state index is 12.4. The molecular formula is C13H17BrN2O. The van der Waals surface area contributed by atoms with Gasteiger partial charge in [0.1, 0.15) is 0 Å². The molecule has 0 radical (unpaired) electrons. The van der Waals surface area contributed by atoms with E-state index in [-0.39, 0.29) is 11.9 Å². The fourth-order valence-electron chi connectivity index (χ4n) is 2.39. The number of hydrogen-bond acceptors (Lipinski definition) is 2. The molecule has 1 aliphatic heterocycles. The maximum absolute atomic E-state index is 12.4. The number of nitrogens with two attached hydrogens (primary N) is 1. The van der Waals surface area contributed by atoms with Crippen LogP contribution in [-0.4, -0.2) is 29.9 Å². The van der Waals surface area contributed by atoms with Gasteiger partial charge in [0.05, 0.1) is 5.56 Å². The van der Waals surface area contributed by atoms with E-state index in [9.17, 15) is 4.79 Å². The van der Waals surface area contributed by atoms with Crippen molar-refractivity contribution in [1.82, 2.24) is 4.90 Å². The van der Waals surface area contributed by atoms with Gasteiger partial charge in [0.2, 0.25) is 0 Å². The molecule has 1 amide bonds. The van der Waals surface area contributed by atoms with E-state index in [1.807, 2.05) is 29.2 Å². The van der Waals surface area contributed by atoms with E-state index in [0.717, 1.165) is 23.0 Å². The summed E-state index contributed by atoms with van der Waals surface area (Å²) in [6.45, 7) is 3.52. The molecule has 1 aliphatic rings. The van der Waals surface area contributed by atoms with Crippen molar-refractivity contribution in [3.8, 4) is 0 Å². The highest BCUT2D eigenvalue weighted by atomic mass is 79.9. The molecule has 0 aromatic heterocycles. The van der Waals surface area contributed by atoms with Gasteiger partial charge < -0.3 is 10.6 Å². The second-order valence-electron chi connectivity index (χ2n) is 4.62. The summed E-state index contributed by atoms with van der Waals surface area (Å²) in [5, 5.41) is 0. The van der Waals surface area contributed by atoms with Gasteiger partial charge in [-0.05, 0) is 53.9 Å². The van der Waals surface area contributed by atoms with Crippen LogP contribution >= 0.6 is 15.9 Å². The smallest absolute Gasteiger partial charge is 0.255 e. The summed E-state index contributed by atoms with van der Waals surface area (Å²) in [6.07, 6.45) is 1.01. The van der Waals surface area contributed by atoms with Gasteiger partial charge in [0.15, 0.2) is 0 Å². The minimum absolute atomic E-state index is 0.0981. The van der Waals surface area contributed by atoms with Crippen LogP contribution in [0, 0.1) is 5.92 Å². The van der Waals surface area contributed by atoms with Crippen molar-refractivity contribution in [2.45, 2.75) is 19.4 Å². The molecule has 1 heterocycles. The minimum atomic E-state index is 0.0981. The van der Waals surface area contributed by atoms with Crippen molar-refractivity contribution in [2.24, 2.45) is 11.7 Å². The minimum Gasteiger partial charge on any atom is -0.336 e. The Kier molecular flexibility index (Phi) is 3.84. The molecule has 1 aromatic rings. The Morgan fingerprint density at radius 2 is 2.24 bits per heavy atom. The molecule has 1 saturated heterocycles. The highest BCUT2D eigenvalue weighted by molar-refractivity contribution is 9.10. The summed E-state index contributed by atoms with van der Waals surface area (Å²) in [4.78, 5) is 14.3. The lowest BCUT2D eigenvalue weighted by molar-refractivity contribution is 0.0742. The lowest BCUT2D eigenvalue weighted by atomic mass is 10.1. The number of hydrogen-bond donors (Lipinski definition) is 1. The molecule has 0 spiro atoms. The Balaban J connectivity index is 2.19. The average molecular weight is 297 g/mol. The predicted octanol–water partition coefficient (Wildman–Crippen LogP) is 2.26. The molecule has 2 rings (SSSR count). The van der Waals surface area contributed by atoms with Gasteiger partial charge >= 0.3 is 0 Å². The average Bonchev–Trinajstić information content (AvgIpc) is 2.70. The molecule has 17 heavy (non-hydrogen) atoms. The van der Waals surface area contributed by atoms with Crippen molar-refractivity contribution in [3.05, 3.63) is 34.3 Å². The Morgan fingerprint density at radius 1 is 1.53 bits per heavy atom. The standard InChI is InChI=1S/C13H17BrN2O/c1-9-6-10(7-15)8-16(9)13(17)11-4-2-3-5-12(11)14/h2-5,9-10H,6-8,15H2,1H3. The fourth-order valence-corrected chi connectivity index (χ4v) is 2.84. The zero-order valence-corrected chi connectivity index (χ0v) is 11.5. The maximum Gasteiger partial charge on any atom is 0.255 e. The first-order valence-corrected chi connectivity index (χ1v) is 6.68. The van der Waals surface area contributed by atoms with E-state index in [1.54, 1.807) is 0 Å². The third-order valence-corrected chi connectivity index (χ3v) is 4.05. The van der Waals surface area contributed by atoms with Crippen LogP contribution in [0.25, 0.3) is 0 Å². The lowest BCUT2D eigenvalue weighted by Gasteiger charge is -2.22. The van der Waals surface area contributed by atoms with Crippen molar-refractivity contribution < 1.29 is 4.79 Å². The number of likely N-dealkylation sites (tertiary alicyclic amines) is 1. The number of nitrogens with zero attached hydrogens (tertiary/aromatic N) is 1. The summed E-state index contributed by atoms with van der Waals surface area (Å²) in [7, 11) is 0. The van der Waals surface area contributed by atoms with Gasteiger partial charge in [0.25, 0.3) is 5.91 Å². The van der Waals surface area contributed by atoms with Crippen LogP contribution in [-0.2, 0) is 0 Å². The van der Waals surface area contributed by atoms with E-state index in [4.69, 9.17) is 5.73 Å². The second-order valence-corrected chi connectivity index (χ2v) is 5.48. The first-order chi connectivity index (χ1) is 8.13. The second kappa shape index (κ2) is 5.19. The molecule has 0 bridgehead atoms. The Labute approximate surface area is 110 Å². The number of amides is 1. The number of carbonyl (C=O) groups excluding carboxylic acids is 1. The molecular weight excluding hydrogens is 280 g/mol. The predicted molar refractivity (Wildman–Crippen MR) is 71.8 cm³/mol. The Bertz CT molecular complexity index is 422. The molecule has 2 N–H and O–H groups in total. The Hall–Kier alpha value is -0.870. The van der Waals surface area contributed by atoms with Crippen molar-refractivity contribution in [2.75, 3.05) is 13.1 Å². The highest BCUT2D eigenvalue weighted by Gasteiger charge is 2.32. The summed E-state index contributed by atoms with van der Waals surface area (Å²) in [5.74, 6) is 0.539. The number of halogens is 1. The largest absolute Gasteiger partial charge is 0.336 e. The molecule has 1 fully saturated rings. The van der Waals surface area contributed by atoms with Crippen LogP contribution in [0.5, 0.6) is 0 Å². The van der Waals surface area contributed by atoms with Gasteiger partial charge in [-0.25, -0.2) is 0 Å². The van der Waals surface area contributed by atoms with Gasteiger partial charge in [-0.3, -0.25) is 4.79 Å². The molecule has 0 saturated carbocycles. The zero-order valence-electron chi connectivity index (χ0n) is 9.90. The normalized spacial score (nSPS) is 24.1. The summed E-state index contributed by atoms with van der Waals surface area (Å²) < 4.78 is 0.855. The number of carbonyl (C=O) groups is 1. The first kappa shape index (κ1) is 12.6. The number of benzene rings is 1. The van der Waals surface area contributed by atoms with Crippen LogP contribution < -0.4 is 5.73 Å². The highest BCUT2D eigenvalue weighted by Crippen LogP contribution is 2.26. The molecule has 4 heteroatoms. The molecule has 3 nitrogen and oxygen atoms in total. The van der Waals surface area contributed by atoms with Gasteiger partial charge in [-0.2, -0.15) is 0 Å². The van der Waals surface area contributed by atoms with Gasteiger partial charge in [-0.15, -0.1) is 0 Å². The monoisotopic (exact) mass is 296 g/mol. The summed E-state index contributed by atoms with van der Waals surface area (Å²) in [5.41, 5.74) is 6.41. The molecule has 2 unspecified atom stereocenters. The molecule has 1 aromatic carbocycles. The van der Waals surface area contributed by atoms with Crippen molar-refractivity contribution >= 4 is 21.8 Å². The molecule has 2 atom stereocenters. The van der Waals surface area contributed by atoms with E-state index < -0.39 is 0 Å². The topological polar surface area (TPSA) is 46.3 Å². The van der Waals surface area contributed by atoms with Crippen molar-refractivity contribution in [1.29, 1.82) is 0 Å². The van der Waals surface area contributed by atoms with Crippen LogP contribution in [0.4, 0.5) is 0 Å². The lowest BCUT2D eigenvalue weighted by Crippen LogP contribution is -2.34. The zero-order chi connectivity index (χ0) is 12.4. The van der Waals surface area contributed by atoms with Crippen molar-refractivity contribution in [3.63, 3.8) is 0 Å². The van der Waals surface area contributed by atoms with Gasteiger partial charge in [0, 0.05) is 17.1 Å². The third-order valence-electron chi connectivity index (χ3n) is 3.36. The third kappa shape index (κ3) is 2.53. The molecule has 92 valence electrons. The van der Waals surface area contributed by atoms with Crippen LogP contribution in [0.15, 0.2) is 28.7 Å². The molecule has 0 aliphatic carbocycles. The van der Waals surface area contributed by atoms with Crippen LogP contribution in [0.2, 0.25) is 0 Å². The fraction of sp³-hybridized carbons (Fsp3) is 0.462. The van der Waals surface area contributed by atoms with Crippen LogP contribution in [0.3, 0.4) is 0 Å². The van der Waals surface area contributed by atoms with E-state index >= 15 is 0 Å². The quantitative estimate of drug-likeness (QED) is 0.910. The summed E-state index contributed by atoms with van der Waals surface area (Å²) >= 11 is 3.42. The van der Waals surface area contributed by atoms with E-state index in [2.05, 4.69) is 22.9 Å². The first-order valence-electron chi connectivity index (χ1n) is 5.89. The van der Waals surface area contributed by atoms with Gasteiger partial charge in [-0.1, -0.05) is 12.1 Å². The Morgan fingerprint density at radius 3 is 2.82 bits per heavy atom. The van der Waals surface area contributed by atoms with E-state index in [1.165, 1.54) is 0 Å². The van der Waals surface area contributed by atoms with Crippen LogP contribution in [0.1, 0.15) is 23.7 Å². The van der Waals surface area contributed by atoms with E-state index in [0.29, 0.717) is 12.5 Å².